The van der Waals surface area contributed by atoms with E-state index >= 15 is 0 Å². The predicted molar refractivity (Wildman–Crippen MR) is 105 cm³/mol. The summed E-state index contributed by atoms with van der Waals surface area (Å²) in [7, 11) is 0. The Morgan fingerprint density at radius 3 is 2.96 bits per heavy atom. The van der Waals surface area contributed by atoms with Crippen LogP contribution >= 0.6 is 11.8 Å². The van der Waals surface area contributed by atoms with Crippen molar-refractivity contribution in [2.45, 2.75) is 31.6 Å². The van der Waals surface area contributed by atoms with Gasteiger partial charge in [-0.1, -0.05) is 30.0 Å². The summed E-state index contributed by atoms with van der Waals surface area (Å²) in [5.74, 6) is -0.0282. The first kappa shape index (κ1) is 19.0. The van der Waals surface area contributed by atoms with Crippen LogP contribution in [0.4, 0.5) is 4.79 Å². The number of esters is 1. The maximum absolute atomic E-state index is 12.3. The number of thioether (sulfide) groups is 1. The molecule has 1 atom stereocenters. The van der Waals surface area contributed by atoms with Crippen LogP contribution in [0.5, 0.6) is 0 Å². The number of nitrogens with one attached hydrogen (secondary N) is 2. The van der Waals surface area contributed by atoms with Crippen molar-refractivity contribution in [1.29, 1.82) is 0 Å². The molecule has 3 rings (SSSR count). The number of ether oxygens (including phenoxy) is 1. The second-order valence-electron chi connectivity index (χ2n) is 6.00. The highest BCUT2D eigenvalue weighted by molar-refractivity contribution is 7.99. The number of nitrogens with zero attached hydrogens (tertiary/aromatic N) is 2. The molecular weight excluding hydrogens is 364 g/mol. The second kappa shape index (κ2) is 8.30. The minimum absolute atomic E-state index is 0.276. The minimum atomic E-state index is -0.423. The standard InChI is InChI=1S/C19H22N4O3S/c1-4-10-23-15-9-7-6-8-13(15)22-19(23)27-11-14-16(17(24)26-5-2)12(3)20-18(25)21-14/h4,6-9,12H,1,5,10-11H2,2-3H3,(H2,20,21,25)/t12-/m0/s1. The van der Waals surface area contributed by atoms with E-state index in [4.69, 9.17) is 4.74 Å². The van der Waals surface area contributed by atoms with Crippen LogP contribution in [0, 0.1) is 0 Å². The van der Waals surface area contributed by atoms with Gasteiger partial charge in [0.25, 0.3) is 0 Å². The molecule has 1 aromatic heterocycles. The van der Waals surface area contributed by atoms with E-state index in [-0.39, 0.29) is 12.6 Å². The fourth-order valence-corrected chi connectivity index (χ4v) is 3.99. The minimum Gasteiger partial charge on any atom is -0.463 e. The molecule has 0 radical (unpaired) electrons. The molecule has 7 nitrogen and oxygen atoms in total. The molecular formula is C19H22N4O3S. The van der Waals surface area contributed by atoms with Crippen LogP contribution in [0.15, 0.2) is 53.3 Å². The Morgan fingerprint density at radius 1 is 1.44 bits per heavy atom. The highest BCUT2D eigenvalue weighted by Gasteiger charge is 2.29. The first-order valence-electron chi connectivity index (χ1n) is 8.71. The Hall–Kier alpha value is -2.74. The summed E-state index contributed by atoms with van der Waals surface area (Å²) < 4.78 is 7.21. The lowest BCUT2D eigenvalue weighted by Crippen LogP contribution is -2.49. The quantitative estimate of drug-likeness (QED) is 0.434. The van der Waals surface area contributed by atoms with E-state index < -0.39 is 12.0 Å². The van der Waals surface area contributed by atoms with Crippen LogP contribution < -0.4 is 10.6 Å². The molecule has 2 heterocycles. The number of hydrogen-bond donors (Lipinski definition) is 2. The number of amides is 2. The van der Waals surface area contributed by atoms with Gasteiger partial charge >= 0.3 is 12.0 Å². The van der Waals surface area contributed by atoms with Crippen molar-refractivity contribution in [2.75, 3.05) is 12.4 Å². The van der Waals surface area contributed by atoms with Gasteiger partial charge in [0.2, 0.25) is 0 Å². The first-order valence-corrected chi connectivity index (χ1v) is 9.70. The summed E-state index contributed by atoms with van der Waals surface area (Å²) in [6.45, 7) is 8.23. The van der Waals surface area contributed by atoms with E-state index in [9.17, 15) is 9.59 Å². The van der Waals surface area contributed by atoms with E-state index in [1.807, 2.05) is 30.3 Å². The van der Waals surface area contributed by atoms with Crippen LogP contribution in [-0.4, -0.2) is 40.0 Å². The van der Waals surface area contributed by atoms with Crippen LogP contribution in [0.2, 0.25) is 0 Å². The van der Waals surface area contributed by atoms with Crippen molar-refractivity contribution in [1.82, 2.24) is 20.2 Å². The van der Waals surface area contributed by atoms with Gasteiger partial charge < -0.3 is 19.9 Å². The lowest BCUT2D eigenvalue weighted by Gasteiger charge is -2.26. The number of aromatic nitrogens is 2. The SMILES string of the molecule is C=CCn1c(SCC2=C(C(=O)OCC)[C@H](C)NC(=O)N2)nc2ccccc21. The Bertz CT molecular complexity index is 919. The summed E-state index contributed by atoms with van der Waals surface area (Å²) in [5.41, 5.74) is 2.90. The Morgan fingerprint density at radius 2 is 2.22 bits per heavy atom. The number of urea groups is 1. The number of para-hydroxylation sites is 2. The van der Waals surface area contributed by atoms with Gasteiger partial charge in [-0.05, 0) is 26.0 Å². The number of hydrogen-bond acceptors (Lipinski definition) is 5. The lowest BCUT2D eigenvalue weighted by molar-refractivity contribution is -0.138. The zero-order chi connectivity index (χ0) is 19.4. The average Bonchev–Trinajstić information content (AvgIpc) is 2.98. The van der Waals surface area contributed by atoms with Crippen LogP contribution in [0.3, 0.4) is 0 Å². The molecule has 0 saturated heterocycles. The molecule has 1 aliphatic heterocycles. The molecule has 0 spiro atoms. The number of benzene rings is 1. The summed E-state index contributed by atoms with van der Waals surface area (Å²) in [5, 5.41) is 6.24. The number of imidazole rings is 1. The molecule has 8 heteroatoms. The molecule has 0 bridgehead atoms. The van der Waals surface area contributed by atoms with E-state index in [0.717, 1.165) is 16.2 Å². The monoisotopic (exact) mass is 386 g/mol. The third kappa shape index (κ3) is 4.00. The number of carbonyl (C=O) groups excluding carboxylic acids is 2. The van der Waals surface area contributed by atoms with Gasteiger partial charge in [-0.3, -0.25) is 0 Å². The molecule has 2 N–H and O–H groups in total. The molecule has 0 saturated carbocycles. The molecule has 27 heavy (non-hydrogen) atoms. The fraction of sp³-hybridized carbons (Fsp3) is 0.316. The highest BCUT2D eigenvalue weighted by atomic mass is 32.2. The van der Waals surface area contributed by atoms with Crippen LogP contribution in [0.25, 0.3) is 11.0 Å². The molecule has 0 fully saturated rings. The summed E-state index contributed by atoms with van der Waals surface area (Å²) in [6, 6.07) is 7.13. The maximum Gasteiger partial charge on any atom is 0.337 e. The van der Waals surface area contributed by atoms with Gasteiger partial charge in [-0.2, -0.15) is 0 Å². The molecule has 0 aliphatic carbocycles. The van der Waals surface area contributed by atoms with E-state index in [0.29, 0.717) is 23.6 Å². The smallest absolute Gasteiger partial charge is 0.337 e. The Balaban J connectivity index is 1.91. The van der Waals surface area contributed by atoms with Crippen molar-refractivity contribution < 1.29 is 14.3 Å². The van der Waals surface area contributed by atoms with Crippen molar-refractivity contribution in [3.63, 3.8) is 0 Å². The lowest BCUT2D eigenvalue weighted by atomic mass is 10.1. The largest absolute Gasteiger partial charge is 0.463 e. The zero-order valence-corrected chi connectivity index (χ0v) is 16.1. The third-order valence-electron chi connectivity index (χ3n) is 4.14. The molecule has 142 valence electrons. The Kier molecular flexibility index (Phi) is 5.85. The van der Waals surface area contributed by atoms with Gasteiger partial charge in [0, 0.05) is 18.0 Å². The fourth-order valence-electron chi connectivity index (χ4n) is 3.00. The molecule has 1 aromatic carbocycles. The van der Waals surface area contributed by atoms with Gasteiger partial charge in [-0.25, -0.2) is 14.6 Å². The van der Waals surface area contributed by atoms with E-state index in [1.54, 1.807) is 13.8 Å². The molecule has 2 amide bonds. The summed E-state index contributed by atoms with van der Waals surface area (Å²) >= 11 is 1.46. The second-order valence-corrected chi connectivity index (χ2v) is 6.95. The normalized spacial score (nSPS) is 16.8. The third-order valence-corrected chi connectivity index (χ3v) is 5.15. The average molecular weight is 386 g/mol. The highest BCUT2D eigenvalue weighted by Crippen LogP contribution is 2.27. The van der Waals surface area contributed by atoms with E-state index in [1.165, 1.54) is 11.8 Å². The Labute approximate surface area is 161 Å². The van der Waals surface area contributed by atoms with Crippen molar-refractivity contribution in [3.8, 4) is 0 Å². The summed E-state index contributed by atoms with van der Waals surface area (Å²) in [6.07, 6.45) is 1.82. The number of allylic oxidation sites excluding steroid dienone is 1. The van der Waals surface area contributed by atoms with Crippen LogP contribution in [0.1, 0.15) is 13.8 Å². The van der Waals surface area contributed by atoms with Crippen molar-refractivity contribution in [3.05, 3.63) is 48.2 Å². The van der Waals surface area contributed by atoms with Gasteiger partial charge in [0.15, 0.2) is 5.16 Å². The zero-order valence-electron chi connectivity index (χ0n) is 15.3. The van der Waals surface area contributed by atoms with Crippen LogP contribution in [-0.2, 0) is 16.1 Å². The predicted octanol–water partition coefficient (Wildman–Crippen LogP) is 2.83. The maximum atomic E-state index is 12.3. The first-order chi connectivity index (χ1) is 13.0. The van der Waals surface area contributed by atoms with E-state index in [2.05, 4.69) is 26.8 Å². The number of fused-ring (bicyclic) bond motifs is 1. The molecule has 1 aliphatic rings. The van der Waals surface area contributed by atoms with Crippen molar-refractivity contribution in [2.24, 2.45) is 0 Å². The van der Waals surface area contributed by atoms with Gasteiger partial charge in [0.05, 0.1) is 29.3 Å². The number of rotatable bonds is 7. The van der Waals surface area contributed by atoms with Gasteiger partial charge in [0.1, 0.15) is 0 Å². The topological polar surface area (TPSA) is 85.2 Å². The van der Waals surface area contributed by atoms with Gasteiger partial charge in [-0.15, -0.1) is 6.58 Å². The number of carbonyl (C=O) groups is 2. The van der Waals surface area contributed by atoms with Crippen molar-refractivity contribution >= 4 is 34.8 Å². The molecule has 2 aromatic rings. The summed E-state index contributed by atoms with van der Waals surface area (Å²) in [4.78, 5) is 28.9. The molecule has 0 unspecified atom stereocenters.